The van der Waals surface area contributed by atoms with Crippen LogP contribution in [0.4, 0.5) is 5.69 Å². The lowest BCUT2D eigenvalue weighted by molar-refractivity contribution is -0.384. The number of fused-ring (bicyclic) bond motifs is 1. The Kier molecular flexibility index (Phi) is 4.89. The van der Waals surface area contributed by atoms with E-state index in [0.29, 0.717) is 13.0 Å². The number of nitrogens with one attached hydrogen (secondary N) is 1. The van der Waals surface area contributed by atoms with Crippen molar-refractivity contribution >= 4 is 17.3 Å². The van der Waals surface area contributed by atoms with Gasteiger partial charge < -0.3 is 9.47 Å². The number of benzene rings is 2. The summed E-state index contributed by atoms with van der Waals surface area (Å²) in [4.78, 5) is 22.1. The molecule has 0 atom stereocenters. The Morgan fingerprint density at radius 2 is 2.12 bits per heavy atom. The maximum absolute atomic E-state index is 11.9. The van der Waals surface area contributed by atoms with E-state index in [4.69, 9.17) is 9.47 Å². The van der Waals surface area contributed by atoms with Crippen LogP contribution in [0.5, 0.6) is 11.5 Å². The van der Waals surface area contributed by atoms with Crippen LogP contribution in [-0.2, 0) is 4.79 Å². The van der Waals surface area contributed by atoms with Crippen molar-refractivity contribution in [3.05, 3.63) is 64.2 Å². The summed E-state index contributed by atoms with van der Waals surface area (Å²) in [5, 5.41) is 14.8. The normalized spacial score (nSPS) is 14.3. The Morgan fingerprint density at radius 1 is 1.28 bits per heavy atom. The van der Waals surface area contributed by atoms with Gasteiger partial charge in [0.1, 0.15) is 11.5 Å². The molecule has 0 saturated carbocycles. The number of carbonyl (C=O) groups excluding carboxylic acids is 1. The molecule has 0 saturated heterocycles. The minimum absolute atomic E-state index is 0.100. The van der Waals surface area contributed by atoms with Crippen LogP contribution in [0.25, 0.3) is 0 Å². The summed E-state index contributed by atoms with van der Waals surface area (Å²) >= 11 is 0. The SMILES string of the molecule is O=C(COc1cccc([N+](=O)[O-])c1)N/N=C1\CCOc2ccccc21. The second kappa shape index (κ2) is 7.43. The number of para-hydroxylation sites is 1. The van der Waals surface area contributed by atoms with Crippen molar-refractivity contribution in [3.8, 4) is 11.5 Å². The molecular formula is C17H15N3O5. The van der Waals surface area contributed by atoms with E-state index in [1.165, 1.54) is 18.2 Å². The molecule has 1 N–H and O–H groups in total. The Morgan fingerprint density at radius 3 is 2.96 bits per heavy atom. The molecule has 0 aliphatic carbocycles. The van der Waals surface area contributed by atoms with Gasteiger partial charge in [-0.15, -0.1) is 0 Å². The third-order valence-electron chi connectivity index (χ3n) is 3.51. The van der Waals surface area contributed by atoms with Gasteiger partial charge in [-0.3, -0.25) is 14.9 Å². The Hall–Kier alpha value is -3.42. The molecular weight excluding hydrogens is 326 g/mol. The zero-order valence-electron chi connectivity index (χ0n) is 13.2. The van der Waals surface area contributed by atoms with Crippen molar-refractivity contribution in [1.29, 1.82) is 0 Å². The molecule has 2 aromatic rings. The van der Waals surface area contributed by atoms with Crippen LogP contribution >= 0.6 is 0 Å². The standard InChI is InChI=1S/C17H15N3O5/c21-17(11-25-13-5-3-4-12(10-13)20(22)23)19-18-15-8-9-24-16-7-2-1-6-14(15)16/h1-7,10H,8-9,11H2,(H,19,21)/b18-15+. The summed E-state index contributed by atoms with van der Waals surface area (Å²) in [5.41, 5.74) is 3.90. The van der Waals surface area contributed by atoms with E-state index >= 15 is 0 Å². The molecule has 1 amide bonds. The number of hydrogen-bond acceptors (Lipinski definition) is 6. The zero-order chi connectivity index (χ0) is 17.6. The van der Waals surface area contributed by atoms with Crippen molar-refractivity contribution in [2.75, 3.05) is 13.2 Å². The number of non-ortho nitro benzene ring substituents is 1. The number of nitro groups is 1. The number of amides is 1. The van der Waals surface area contributed by atoms with Crippen LogP contribution in [0.15, 0.2) is 53.6 Å². The predicted molar refractivity (Wildman–Crippen MR) is 89.8 cm³/mol. The highest BCUT2D eigenvalue weighted by molar-refractivity contribution is 6.04. The second-order valence-corrected chi connectivity index (χ2v) is 5.23. The van der Waals surface area contributed by atoms with Crippen molar-refractivity contribution < 1.29 is 19.2 Å². The highest BCUT2D eigenvalue weighted by Crippen LogP contribution is 2.24. The fraction of sp³-hybridized carbons (Fsp3) is 0.176. The van der Waals surface area contributed by atoms with E-state index < -0.39 is 10.8 Å². The first kappa shape index (κ1) is 16.4. The first-order valence-corrected chi connectivity index (χ1v) is 7.58. The molecule has 1 aliphatic heterocycles. The van der Waals surface area contributed by atoms with Crippen LogP contribution in [0.3, 0.4) is 0 Å². The Labute approximate surface area is 143 Å². The number of ether oxygens (including phenoxy) is 2. The second-order valence-electron chi connectivity index (χ2n) is 5.23. The van der Waals surface area contributed by atoms with Gasteiger partial charge in [0, 0.05) is 18.1 Å². The van der Waals surface area contributed by atoms with Gasteiger partial charge in [-0.05, 0) is 18.2 Å². The summed E-state index contributed by atoms with van der Waals surface area (Å²) < 4.78 is 10.8. The van der Waals surface area contributed by atoms with Crippen molar-refractivity contribution in [1.82, 2.24) is 5.43 Å². The van der Waals surface area contributed by atoms with Gasteiger partial charge in [0.25, 0.3) is 11.6 Å². The molecule has 3 rings (SSSR count). The van der Waals surface area contributed by atoms with Crippen LogP contribution in [0.1, 0.15) is 12.0 Å². The molecule has 0 radical (unpaired) electrons. The average Bonchev–Trinajstić information content (AvgIpc) is 2.65. The summed E-state index contributed by atoms with van der Waals surface area (Å²) in [6.45, 7) is 0.200. The van der Waals surface area contributed by atoms with Gasteiger partial charge in [0.2, 0.25) is 0 Å². The zero-order valence-corrected chi connectivity index (χ0v) is 13.2. The highest BCUT2D eigenvalue weighted by atomic mass is 16.6. The van der Waals surface area contributed by atoms with E-state index in [1.807, 2.05) is 24.3 Å². The maximum Gasteiger partial charge on any atom is 0.277 e. The van der Waals surface area contributed by atoms with Crippen LogP contribution < -0.4 is 14.9 Å². The fourth-order valence-electron chi connectivity index (χ4n) is 2.34. The van der Waals surface area contributed by atoms with Crippen LogP contribution in [0, 0.1) is 10.1 Å². The molecule has 0 spiro atoms. The van der Waals surface area contributed by atoms with Gasteiger partial charge >= 0.3 is 0 Å². The topological polar surface area (TPSA) is 103 Å². The fourth-order valence-corrected chi connectivity index (χ4v) is 2.34. The predicted octanol–water partition coefficient (Wildman–Crippen LogP) is 2.28. The molecule has 0 unspecified atom stereocenters. The highest BCUT2D eigenvalue weighted by Gasteiger charge is 2.16. The minimum atomic E-state index is -0.526. The van der Waals surface area contributed by atoms with E-state index in [-0.39, 0.29) is 18.0 Å². The number of nitro benzene ring substituents is 1. The molecule has 2 aromatic carbocycles. The molecule has 1 heterocycles. The number of rotatable bonds is 5. The molecule has 25 heavy (non-hydrogen) atoms. The lowest BCUT2D eigenvalue weighted by atomic mass is 10.0. The van der Waals surface area contributed by atoms with Gasteiger partial charge in [-0.25, -0.2) is 5.43 Å². The molecule has 1 aliphatic rings. The van der Waals surface area contributed by atoms with Crippen LogP contribution in [-0.4, -0.2) is 29.8 Å². The van der Waals surface area contributed by atoms with Crippen LogP contribution in [0.2, 0.25) is 0 Å². The number of hydrogen-bond donors (Lipinski definition) is 1. The van der Waals surface area contributed by atoms with Gasteiger partial charge in [-0.1, -0.05) is 18.2 Å². The van der Waals surface area contributed by atoms with E-state index in [0.717, 1.165) is 17.0 Å². The molecule has 8 heteroatoms. The Bertz CT molecular complexity index is 835. The number of carbonyl (C=O) groups is 1. The first-order valence-electron chi connectivity index (χ1n) is 7.58. The quantitative estimate of drug-likeness (QED) is 0.664. The van der Waals surface area contributed by atoms with E-state index in [2.05, 4.69) is 10.5 Å². The van der Waals surface area contributed by atoms with Gasteiger partial charge in [0.15, 0.2) is 6.61 Å². The summed E-state index contributed by atoms with van der Waals surface area (Å²) in [6.07, 6.45) is 0.586. The molecule has 8 nitrogen and oxygen atoms in total. The minimum Gasteiger partial charge on any atom is -0.492 e. The maximum atomic E-state index is 11.9. The summed E-state index contributed by atoms with van der Waals surface area (Å²) in [7, 11) is 0. The molecule has 0 bridgehead atoms. The number of hydrazone groups is 1. The third-order valence-corrected chi connectivity index (χ3v) is 3.51. The molecule has 128 valence electrons. The lowest BCUT2D eigenvalue weighted by Gasteiger charge is -2.18. The smallest absolute Gasteiger partial charge is 0.277 e. The van der Waals surface area contributed by atoms with E-state index in [9.17, 15) is 14.9 Å². The van der Waals surface area contributed by atoms with Crippen molar-refractivity contribution in [2.24, 2.45) is 5.10 Å². The monoisotopic (exact) mass is 341 g/mol. The Balaban J connectivity index is 1.59. The first-order chi connectivity index (χ1) is 12.1. The summed E-state index contributed by atoms with van der Waals surface area (Å²) in [5.74, 6) is 0.519. The van der Waals surface area contributed by atoms with Gasteiger partial charge in [0.05, 0.1) is 23.3 Å². The number of nitrogens with zero attached hydrogens (tertiary/aromatic N) is 2. The molecule has 0 fully saturated rings. The third kappa shape index (κ3) is 4.11. The van der Waals surface area contributed by atoms with Crippen molar-refractivity contribution in [2.45, 2.75) is 6.42 Å². The largest absolute Gasteiger partial charge is 0.492 e. The lowest BCUT2D eigenvalue weighted by Crippen LogP contribution is -2.27. The van der Waals surface area contributed by atoms with Gasteiger partial charge in [-0.2, -0.15) is 5.10 Å². The molecule has 0 aromatic heterocycles. The summed E-state index contributed by atoms with van der Waals surface area (Å²) in [6, 6.07) is 13.1. The van der Waals surface area contributed by atoms with Crippen molar-refractivity contribution in [3.63, 3.8) is 0 Å². The van der Waals surface area contributed by atoms with E-state index in [1.54, 1.807) is 6.07 Å². The average molecular weight is 341 g/mol.